The average Bonchev–Trinajstić information content (AvgIpc) is 2.26. The predicted octanol–water partition coefficient (Wildman–Crippen LogP) is 2.26. The van der Waals surface area contributed by atoms with Crippen LogP contribution in [0.3, 0.4) is 0 Å². The number of rotatable bonds is 3. The standard InChI is InChI=1S/C13H19FN2O2S/c1-9-3-2-4-12(5-9)16-19(17,18)13-7-10(14)6-11(15)8-13/h6-9,12,16H,2-5,15H2,1H3. The number of halogens is 1. The lowest BCUT2D eigenvalue weighted by Gasteiger charge is -2.27. The maximum atomic E-state index is 13.2. The van der Waals surface area contributed by atoms with Crippen molar-refractivity contribution in [1.82, 2.24) is 4.72 Å². The van der Waals surface area contributed by atoms with Crippen LogP contribution in [0, 0.1) is 11.7 Å². The van der Waals surface area contributed by atoms with E-state index >= 15 is 0 Å². The number of sulfonamides is 1. The van der Waals surface area contributed by atoms with Crippen molar-refractivity contribution in [2.45, 2.75) is 43.5 Å². The molecule has 0 heterocycles. The first-order valence-corrected chi connectivity index (χ1v) is 7.93. The van der Waals surface area contributed by atoms with Crippen molar-refractivity contribution in [1.29, 1.82) is 0 Å². The Bertz CT molecular complexity index is 540. The fraction of sp³-hybridized carbons (Fsp3) is 0.538. The smallest absolute Gasteiger partial charge is 0.240 e. The summed E-state index contributed by atoms with van der Waals surface area (Å²) in [5.74, 6) is -0.128. The molecule has 0 aromatic heterocycles. The summed E-state index contributed by atoms with van der Waals surface area (Å²) >= 11 is 0. The van der Waals surface area contributed by atoms with E-state index in [0.717, 1.165) is 37.8 Å². The van der Waals surface area contributed by atoms with Crippen LogP contribution in [0.5, 0.6) is 0 Å². The van der Waals surface area contributed by atoms with E-state index in [1.807, 2.05) is 0 Å². The van der Waals surface area contributed by atoms with Crippen molar-refractivity contribution in [2.24, 2.45) is 5.92 Å². The minimum Gasteiger partial charge on any atom is -0.399 e. The zero-order valence-electron chi connectivity index (χ0n) is 10.9. The summed E-state index contributed by atoms with van der Waals surface area (Å²) in [4.78, 5) is -0.108. The van der Waals surface area contributed by atoms with E-state index in [2.05, 4.69) is 11.6 Å². The van der Waals surface area contributed by atoms with E-state index in [1.54, 1.807) is 0 Å². The molecule has 1 fully saturated rings. The van der Waals surface area contributed by atoms with Gasteiger partial charge in [-0.05, 0) is 37.0 Å². The van der Waals surface area contributed by atoms with Gasteiger partial charge in [0.1, 0.15) is 5.82 Å². The number of anilines is 1. The van der Waals surface area contributed by atoms with Crippen LogP contribution in [0.1, 0.15) is 32.6 Å². The Balaban J connectivity index is 2.17. The molecule has 2 atom stereocenters. The number of hydrogen-bond donors (Lipinski definition) is 2. The summed E-state index contributed by atoms with van der Waals surface area (Å²) in [6.07, 6.45) is 3.79. The molecule has 19 heavy (non-hydrogen) atoms. The van der Waals surface area contributed by atoms with E-state index in [0.29, 0.717) is 5.92 Å². The summed E-state index contributed by atoms with van der Waals surface area (Å²) in [7, 11) is -3.70. The lowest BCUT2D eigenvalue weighted by molar-refractivity contribution is 0.327. The maximum Gasteiger partial charge on any atom is 0.240 e. The summed E-state index contributed by atoms with van der Waals surface area (Å²) in [6, 6.07) is 3.29. The highest BCUT2D eigenvalue weighted by atomic mass is 32.2. The Morgan fingerprint density at radius 2 is 2.05 bits per heavy atom. The van der Waals surface area contributed by atoms with Gasteiger partial charge in [-0.15, -0.1) is 0 Å². The van der Waals surface area contributed by atoms with Gasteiger partial charge >= 0.3 is 0 Å². The molecule has 1 aliphatic rings. The second-order valence-corrected chi connectivity index (χ2v) is 7.02. The highest BCUT2D eigenvalue weighted by Gasteiger charge is 2.25. The van der Waals surface area contributed by atoms with Gasteiger partial charge in [-0.2, -0.15) is 0 Å². The topological polar surface area (TPSA) is 72.2 Å². The SMILES string of the molecule is CC1CCCC(NS(=O)(=O)c2cc(N)cc(F)c2)C1. The van der Waals surface area contributed by atoms with Gasteiger partial charge in [-0.3, -0.25) is 0 Å². The van der Waals surface area contributed by atoms with Crippen LogP contribution in [0.2, 0.25) is 0 Å². The molecule has 1 aromatic carbocycles. The van der Waals surface area contributed by atoms with Crippen LogP contribution in [0.25, 0.3) is 0 Å². The zero-order chi connectivity index (χ0) is 14.0. The predicted molar refractivity (Wildman–Crippen MR) is 72.6 cm³/mol. The molecular weight excluding hydrogens is 267 g/mol. The Labute approximate surface area is 113 Å². The number of hydrogen-bond acceptors (Lipinski definition) is 3. The second kappa shape index (κ2) is 5.46. The van der Waals surface area contributed by atoms with Crippen molar-refractivity contribution in [3.8, 4) is 0 Å². The van der Waals surface area contributed by atoms with Crippen LogP contribution in [-0.2, 0) is 10.0 Å². The summed E-state index contributed by atoms with van der Waals surface area (Å²) in [5, 5.41) is 0. The molecule has 0 radical (unpaired) electrons. The summed E-state index contributed by atoms with van der Waals surface area (Å²) in [6.45, 7) is 2.11. The minimum atomic E-state index is -3.70. The Hall–Kier alpha value is -1.14. The van der Waals surface area contributed by atoms with Crippen molar-refractivity contribution in [3.63, 3.8) is 0 Å². The molecule has 1 aromatic rings. The van der Waals surface area contributed by atoms with Gasteiger partial charge in [-0.25, -0.2) is 17.5 Å². The molecule has 1 aliphatic carbocycles. The van der Waals surface area contributed by atoms with E-state index in [1.165, 1.54) is 6.07 Å². The van der Waals surface area contributed by atoms with Crippen LogP contribution in [0.4, 0.5) is 10.1 Å². The fourth-order valence-electron chi connectivity index (χ4n) is 2.57. The highest BCUT2D eigenvalue weighted by Crippen LogP contribution is 2.25. The van der Waals surface area contributed by atoms with Crippen molar-refractivity contribution >= 4 is 15.7 Å². The van der Waals surface area contributed by atoms with E-state index in [-0.39, 0.29) is 16.6 Å². The molecule has 6 heteroatoms. The third kappa shape index (κ3) is 3.67. The number of nitrogens with one attached hydrogen (secondary N) is 1. The summed E-state index contributed by atoms with van der Waals surface area (Å²) < 4.78 is 40.2. The Kier molecular flexibility index (Phi) is 4.10. The molecule has 3 N–H and O–H groups in total. The van der Waals surface area contributed by atoms with Gasteiger partial charge < -0.3 is 5.73 Å². The van der Waals surface area contributed by atoms with Crippen molar-refractivity contribution in [3.05, 3.63) is 24.0 Å². The first kappa shape index (κ1) is 14.3. The molecule has 0 saturated heterocycles. The molecule has 0 spiro atoms. The van der Waals surface area contributed by atoms with E-state index in [9.17, 15) is 12.8 Å². The van der Waals surface area contributed by atoms with Gasteiger partial charge in [0.25, 0.3) is 0 Å². The molecule has 0 amide bonds. The highest BCUT2D eigenvalue weighted by molar-refractivity contribution is 7.89. The normalized spacial score (nSPS) is 24.3. The van der Waals surface area contributed by atoms with Crippen LogP contribution in [-0.4, -0.2) is 14.5 Å². The minimum absolute atomic E-state index is 0.0711. The number of nitrogens with two attached hydrogens (primary N) is 1. The molecule has 2 unspecified atom stereocenters. The van der Waals surface area contributed by atoms with Gasteiger partial charge in [0.05, 0.1) is 4.90 Å². The quantitative estimate of drug-likeness (QED) is 0.837. The molecule has 0 aliphatic heterocycles. The van der Waals surface area contributed by atoms with E-state index < -0.39 is 15.8 Å². The molecule has 0 bridgehead atoms. The van der Waals surface area contributed by atoms with Gasteiger partial charge in [0.15, 0.2) is 0 Å². The van der Waals surface area contributed by atoms with Crippen LogP contribution in [0.15, 0.2) is 23.1 Å². The third-order valence-corrected chi connectivity index (χ3v) is 4.96. The fourth-order valence-corrected chi connectivity index (χ4v) is 3.92. The molecule has 2 rings (SSSR count). The van der Waals surface area contributed by atoms with Gasteiger partial charge in [0, 0.05) is 11.7 Å². The lowest BCUT2D eigenvalue weighted by Crippen LogP contribution is -2.38. The van der Waals surface area contributed by atoms with Crippen molar-refractivity contribution in [2.75, 3.05) is 5.73 Å². The Morgan fingerprint density at radius 3 is 2.68 bits per heavy atom. The van der Waals surface area contributed by atoms with Crippen LogP contribution < -0.4 is 10.5 Å². The monoisotopic (exact) mass is 286 g/mol. The zero-order valence-corrected chi connectivity index (χ0v) is 11.7. The second-order valence-electron chi connectivity index (χ2n) is 5.31. The van der Waals surface area contributed by atoms with Gasteiger partial charge in [-0.1, -0.05) is 19.8 Å². The van der Waals surface area contributed by atoms with Gasteiger partial charge in [0.2, 0.25) is 10.0 Å². The first-order valence-electron chi connectivity index (χ1n) is 6.45. The molecule has 1 saturated carbocycles. The lowest BCUT2D eigenvalue weighted by atomic mass is 9.88. The summed E-state index contributed by atoms with van der Waals surface area (Å²) in [5.41, 5.74) is 5.59. The maximum absolute atomic E-state index is 13.2. The number of benzene rings is 1. The third-order valence-electron chi connectivity index (χ3n) is 3.46. The van der Waals surface area contributed by atoms with E-state index in [4.69, 9.17) is 5.73 Å². The van der Waals surface area contributed by atoms with Crippen molar-refractivity contribution < 1.29 is 12.8 Å². The number of nitrogen functional groups attached to an aromatic ring is 1. The molecule has 4 nitrogen and oxygen atoms in total. The molecular formula is C13H19FN2O2S. The largest absolute Gasteiger partial charge is 0.399 e. The average molecular weight is 286 g/mol. The van der Waals surface area contributed by atoms with Crippen LogP contribution >= 0.6 is 0 Å². The molecule has 106 valence electrons. The Morgan fingerprint density at radius 1 is 1.32 bits per heavy atom. The first-order chi connectivity index (χ1) is 8.87.